The number of hydrogen-bond donors (Lipinski definition) is 1. The molecule has 0 unspecified atom stereocenters. The van der Waals surface area contributed by atoms with Crippen molar-refractivity contribution in [2.24, 2.45) is 7.05 Å². The van der Waals surface area contributed by atoms with Crippen molar-refractivity contribution in [2.45, 2.75) is 6.92 Å². The van der Waals surface area contributed by atoms with Crippen molar-refractivity contribution in [2.75, 3.05) is 0 Å². The van der Waals surface area contributed by atoms with Crippen LogP contribution in [0.25, 0.3) is 21.9 Å². The zero-order chi connectivity index (χ0) is 12.2. The van der Waals surface area contributed by atoms with E-state index in [0.29, 0.717) is 27.5 Å². The van der Waals surface area contributed by atoms with Gasteiger partial charge in [-0.25, -0.2) is 4.39 Å². The standard InChI is InChI=1S/C12H10FN3O/c1-6-7(13)3-4-8-10(6)12(17)11-9(15-8)5-14-16(11)2/h3-5H,1-2H3,(H,15,17). The highest BCUT2D eigenvalue weighted by Crippen LogP contribution is 2.19. The van der Waals surface area contributed by atoms with Gasteiger partial charge in [-0.1, -0.05) is 0 Å². The maximum atomic E-state index is 13.5. The maximum absolute atomic E-state index is 13.5. The fraction of sp³-hybridized carbons (Fsp3) is 0.167. The molecule has 0 aliphatic rings. The van der Waals surface area contributed by atoms with Crippen LogP contribution in [-0.2, 0) is 7.05 Å². The summed E-state index contributed by atoms with van der Waals surface area (Å²) >= 11 is 0. The number of fused-ring (bicyclic) bond motifs is 2. The first-order valence-corrected chi connectivity index (χ1v) is 5.22. The van der Waals surface area contributed by atoms with Crippen LogP contribution in [-0.4, -0.2) is 14.8 Å². The summed E-state index contributed by atoms with van der Waals surface area (Å²) in [5.41, 5.74) is 1.94. The number of halogens is 1. The van der Waals surface area contributed by atoms with Gasteiger partial charge < -0.3 is 4.98 Å². The van der Waals surface area contributed by atoms with Gasteiger partial charge in [-0.3, -0.25) is 9.48 Å². The first-order chi connectivity index (χ1) is 8.09. The molecule has 0 bridgehead atoms. The lowest BCUT2D eigenvalue weighted by Crippen LogP contribution is -2.09. The topological polar surface area (TPSA) is 50.7 Å². The van der Waals surface area contributed by atoms with Crippen molar-refractivity contribution in [1.29, 1.82) is 0 Å². The number of hydrogen-bond acceptors (Lipinski definition) is 2. The average Bonchev–Trinajstić information content (AvgIpc) is 2.66. The molecule has 5 heteroatoms. The van der Waals surface area contributed by atoms with Gasteiger partial charge in [0.1, 0.15) is 11.3 Å². The molecular weight excluding hydrogens is 221 g/mol. The fourth-order valence-electron chi connectivity index (χ4n) is 2.14. The third kappa shape index (κ3) is 1.22. The van der Waals surface area contributed by atoms with Gasteiger partial charge in [0, 0.05) is 7.05 Å². The second kappa shape index (κ2) is 3.16. The molecule has 0 aliphatic carbocycles. The number of benzene rings is 1. The molecule has 0 atom stereocenters. The number of rotatable bonds is 0. The Morgan fingerprint density at radius 2 is 2.12 bits per heavy atom. The van der Waals surface area contributed by atoms with Crippen LogP contribution in [0.15, 0.2) is 23.1 Å². The highest BCUT2D eigenvalue weighted by molar-refractivity contribution is 5.92. The fourth-order valence-corrected chi connectivity index (χ4v) is 2.14. The van der Waals surface area contributed by atoms with Crippen LogP contribution in [0.2, 0.25) is 0 Å². The van der Waals surface area contributed by atoms with E-state index in [-0.39, 0.29) is 11.2 Å². The van der Waals surface area contributed by atoms with Gasteiger partial charge in [-0.2, -0.15) is 5.10 Å². The van der Waals surface area contributed by atoms with Gasteiger partial charge in [-0.05, 0) is 24.6 Å². The van der Waals surface area contributed by atoms with E-state index < -0.39 is 0 Å². The van der Waals surface area contributed by atoms with Crippen LogP contribution < -0.4 is 5.43 Å². The molecule has 0 fully saturated rings. The maximum Gasteiger partial charge on any atom is 0.215 e. The quantitative estimate of drug-likeness (QED) is 0.642. The van der Waals surface area contributed by atoms with E-state index in [1.54, 1.807) is 26.2 Å². The first kappa shape index (κ1) is 10.0. The molecule has 0 saturated carbocycles. The minimum atomic E-state index is -0.371. The second-order valence-electron chi connectivity index (χ2n) is 4.08. The molecule has 1 aromatic carbocycles. The second-order valence-corrected chi connectivity index (χ2v) is 4.08. The van der Waals surface area contributed by atoms with Gasteiger partial charge in [0.05, 0.1) is 22.6 Å². The van der Waals surface area contributed by atoms with Crippen molar-refractivity contribution < 1.29 is 4.39 Å². The summed E-state index contributed by atoms with van der Waals surface area (Å²) in [6.07, 6.45) is 1.59. The van der Waals surface area contributed by atoms with Crippen molar-refractivity contribution in [3.05, 3.63) is 39.9 Å². The summed E-state index contributed by atoms with van der Waals surface area (Å²) in [5.74, 6) is -0.371. The number of nitrogens with zero attached hydrogens (tertiary/aromatic N) is 2. The Bertz CT molecular complexity index is 801. The molecule has 2 aromatic heterocycles. The van der Waals surface area contributed by atoms with E-state index in [1.165, 1.54) is 10.7 Å². The largest absolute Gasteiger partial charge is 0.352 e. The molecule has 2 heterocycles. The minimum Gasteiger partial charge on any atom is -0.352 e. The van der Waals surface area contributed by atoms with Crippen LogP contribution in [0.5, 0.6) is 0 Å². The van der Waals surface area contributed by atoms with Crippen molar-refractivity contribution in [1.82, 2.24) is 14.8 Å². The summed E-state index contributed by atoms with van der Waals surface area (Å²) in [6, 6.07) is 2.93. The number of aromatic nitrogens is 3. The first-order valence-electron chi connectivity index (χ1n) is 5.22. The van der Waals surface area contributed by atoms with Crippen molar-refractivity contribution >= 4 is 21.9 Å². The van der Waals surface area contributed by atoms with Crippen LogP contribution in [0.1, 0.15) is 5.56 Å². The Balaban J connectivity index is 2.68. The Kier molecular flexibility index (Phi) is 1.86. The number of nitrogens with one attached hydrogen (secondary N) is 1. The Morgan fingerprint density at radius 1 is 1.35 bits per heavy atom. The highest BCUT2D eigenvalue weighted by atomic mass is 19.1. The summed E-state index contributed by atoms with van der Waals surface area (Å²) < 4.78 is 15.0. The molecule has 0 spiro atoms. The SMILES string of the molecule is Cc1c(F)ccc2[nH]c3cnn(C)c3c(=O)c12. The molecule has 17 heavy (non-hydrogen) atoms. The lowest BCUT2D eigenvalue weighted by atomic mass is 10.1. The van der Waals surface area contributed by atoms with E-state index in [2.05, 4.69) is 10.1 Å². The third-order valence-electron chi connectivity index (χ3n) is 3.05. The predicted molar refractivity (Wildman–Crippen MR) is 63.5 cm³/mol. The van der Waals surface area contributed by atoms with E-state index in [0.717, 1.165) is 0 Å². The van der Waals surface area contributed by atoms with Crippen molar-refractivity contribution in [3.63, 3.8) is 0 Å². The van der Waals surface area contributed by atoms with E-state index in [9.17, 15) is 9.18 Å². The van der Waals surface area contributed by atoms with Gasteiger partial charge >= 0.3 is 0 Å². The van der Waals surface area contributed by atoms with E-state index in [4.69, 9.17) is 0 Å². The number of aryl methyl sites for hydroxylation is 2. The zero-order valence-corrected chi connectivity index (χ0v) is 9.41. The van der Waals surface area contributed by atoms with Crippen LogP contribution in [0, 0.1) is 12.7 Å². The lowest BCUT2D eigenvalue weighted by Gasteiger charge is -2.04. The molecule has 0 amide bonds. The van der Waals surface area contributed by atoms with Crippen LogP contribution in [0.3, 0.4) is 0 Å². The lowest BCUT2D eigenvalue weighted by molar-refractivity contribution is 0.621. The molecule has 0 aliphatic heterocycles. The summed E-state index contributed by atoms with van der Waals surface area (Å²) in [4.78, 5) is 15.4. The van der Waals surface area contributed by atoms with Gasteiger partial charge in [0.25, 0.3) is 0 Å². The molecule has 0 radical (unpaired) electrons. The molecule has 4 nitrogen and oxygen atoms in total. The smallest absolute Gasteiger partial charge is 0.215 e. The number of pyridine rings is 1. The Morgan fingerprint density at radius 3 is 2.88 bits per heavy atom. The Hall–Kier alpha value is -2.17. The molecular formula is C12H10FN3O. The predicted octanol–water partition coefficient (Wildman–Crippen LogP) is 1.86. The van der Waals surface area contributed by atoms with Crippen LogP contribution >= 0.6 is 0 Å². The zero-order valence-electron chi connectivity index (χ0n) is 9.41. The summed E-state index contributed by atoms with van der Waals surface area (Å²) in [7, 11) is 1.69. The monoisotopic (exact) mass is 231 g/mol. The number of aromatic amines is 1. The van der Waals surface area contributed by atoms with E-state index >= 15 is 0 Å². The summed E-state index contributed by atoms with van der Waals surface area (Å²) in [5, 5.41) is 4.41. The number of H-pyrrole nitrogens is 1. The Labute approximate surface area is 95.7 Å². The molecule has 1 N–H and O–H groups in total. The van der Waals surface area contributed by atoms with Gasteiger partial charge in [-0.15, -0.1) is 0 Å². The molecule has 3 aromatic rings. The third-order valence-corrected chi connectivity index (χ3v) is 3.05. The molecule has 86 valence electrons. The van der Waals surface area contributed by atoms with Crippen molar-refractivity contribution in [3.8, 4) is 0 Å². The van der Waals surface area contributed by atoms with Gasteiger partial charge in [0.15, 0.2) is 0 Å². The normalized spacial score (nSPS) is 11.5. The summed E-state index contributed by atoms with van der Waals surface area (Å²) in [6.45, 7) is 1.61. The molecule has 0 saturated heterocycles. The molecule has 3 rings (SSSR count). The average molecular weight is 231 g/mol. The highest BCUT2D eigenvalue weighted by Gasteiger charge is 2.12. The van der Waals surface area contributed by atoms with Gasteiger partial charge in [0.2, 0.25) is 5.43 Å². The van der Waals surface area contributed by atoms with E-state index in [1.807, 2.05) is 0 Å². The minimum absolute atomic E-state index is 0.189. The van der Waals surface area contributed by atoms with Crippen LogP contribution in [0.4, 0.5) is 4.39 Å².